The number of nitrogens with zero attached hydrogens (tertiary/aromatic N) is 2. The smallest absolute Gasteiger partial charge is 0.407 e. The quantitative estimate of drug-likeness (QED) is 0.131. The van der Waals surface area contributed by atoms with Gasteiger partial charge in [0.25, 0.3) is 0 Å². The van der Waals surface area contributed by atoms with E-state index in [2.05, 4.69) is 184 Å². The molecule has 2 aliphatic carbocycles. The van der Waals surface area contributed by atoms with Crippen LogP contribution in [0.3, 0.4) is 0 Å². The van der Waals surface area contributed by atoms with E-state index < -0.39 is 11.2 Å². The SMILES string of the molecule is C1=Cc2ccccc2C(=C2CCNCC2)c2ccccc21.CC(C)(C)OC(=O)NCCBr.CC(C)(C)OC(=O)NCCN1CCC(=C2c3ccccc3C=Cc3ccccc32)CC1.CCN(CC)CC. The minimum Gasteiger partial charge on any atom is -0.444 e. The van der Waals surface area contributed by atoms with Gasteiger partial charge in [0.15, 0.2) is 0 Å². The number of alkyl carbamates (subject to hydrolysis) is 2. The van der Waals surface area contributed by atoms with E-state index in [9.17, 15) is 9.59 Å². The van der Waals surface area contributed by atoms with Crippen molar-refractivity contribution in [3.8, 4) is 0 Å². The van der Waals surface area contributed by atoms with Crippen molar-refractivity contribution < 1.29 is 19.1 Å². The maximum absolute atomic E-state index is 11.9. The van der Waals surface area contributed by atoms with Crippen LogP contribution in [0.4, 0.5) is 9.59 Å². The van der Waals surface area contributed by atoms with Crippen LogP contribution in [-0.2, 0) is 9.47 Å². The van der Waals surface area contributed by atoms with Gasteiger partial charge in [0.2, 0.25) is 0 Å². The molecule has 4 aromatic rings. The Morgan fingerprint density at radius 2 is 0.900 bits per heavy atom. The first-order valence-corrected chi connectivity index (χ1v) is 26.6. The number of halogens is 1. The molecule has 2 aliphatic heterocycles. The van der Waals surface area contributed by atoms with Crippen LogP contribution >= 0.6 is 15.9 Å². The van der Waals surface area contributed by atoms with Crippen LogP contribution in [0.25, 0.3) is 35.5 Å². The number of piperidine rings is 2. The molecule has 0 unspecified atom stereocenters. The summed E-state index contributed by atoms with van der Waals surface area (Å²) in [6, 6.07) is 35.0. The maximum Gasteiger partial charge on any atom is 0.407 e. The van der Waals surface area contributed by atoms with Gasteiger partial charge in [-0.05, 0) is 156 Å². The zero-order valence-corrected chi connectivity index (χ0v) is 45.1. The fraction of sp³-hybridized carbons (Fsp3) is 0.433. The first-order chi connectivity index (χ1) is 33.6. The van der Waals surface area contributed by atoms with E-state index in [-0.39, 0.29) is 12.2 Å². The summed E-state index contributed by atoms with van der Waals surface area (Å²) < 4.78 is 10.3. The summed E-state index contributed by atoms with van der Waals surface area (Å²) in [5.41, 5.74) is 15.8. The average molecular weight is 1020 g/mol. The number of nitrogens with one attached hydrogen (secondary N) is 3. The highest BCUT2D eigenvalue weighted by molar-refractivity contribution is 9.09. The first kappa shape index (κ1) is 55.7. The lowest BCUT2D eigenvalue weighted by Crippen LogP contribution is -2.40. The van der Waals surface area contributed by atoms with Gasteiger partial charge in [-0.3, -0.25) is 0 Å². The van der Waals surface area contributed by atoms with Crippen LogP contribution in [0.2, 0.25) is 0 Å². The van der Waals surface area contributed by atoms with Crippen LogP contribution in [-0.4, -0.2) is 104 Å². The summed E-state index contributed by atoms with van der Waals surface area (Å²) in [5, 5.41) is 9.66. The number of likely N-dealkylation sites (tertiary alicyclic amines) is 1. The predicted molar refractivity (Wildman–Crippen MR) is 299 cm³/mol. The standard InChI is InChI=1S/C27H32N2O2.C20H19N.C7H14BrNO2.C6H15N/c1-27(2,3)31-26(30)28-16-19-29-17-14-22(15-18-29)25-23-10-6-4-8-20(23)12-13-21-9-5-7-11-24(21)25;1-3-7-18-15(5-1)9-10-16-6-2-4-8-19(16)20(18)17-11-13-21-14-12-17;1-7(2,3)11-6(10)9-5-4-8;1-4-7(5-2)6-3/h4-13H,14-19H2,1-3H3,(H,28,30);1-10,21H,11-14H2;4-5H2,1-3H3,(H,9,10);4-6H2,1-3H3. The molecule has 0 spiro atoms. The van der Waals surface area contributed by atoms with Crippen molar-refractivity contribution >= 4 is 63.6 Å². The number of ether oxygens (including phenoxy) is 2. The zero-order chi connectivity index (χ0) is 50.5. The van der Waals surface area contributed by atoms with Crippen LogP contribution in [0.1, 0.15) is 133 Å². The topological polar surface area (TPSA) is 95.2 Å². The van der Waals surface area contributed by atoms with Crippen molar-refractivity contribution in [3.63, 3.8) is 0 Å². The summed E-state index contributed by atoms with van der Waals surface area (Å²) in [5.74, 6) is 0. The van der Waals surface area contributed by atoms with Crippen molar-refractivity contribution in [2.75, 3.05) is 70.8 Å². The number of benzene rings is 4. The molecule has 2 heterocycles. The van der Waals surface area contributed by atoms with Crippen LogP contribution < -0.4 is 16.0 Å². The maximum atomic E-state index is 11.9. The lowest BCUT2D eigenvalue weighted by Gasteiger charge is -2.30. The number of hydrogen-bond donors (Lipinski definition) is 3. The molecule has 0 saturated carbocycles. The van der Waals surface area contributed by atoms with Crippen LogP contribution in [0.15, 0.2) is 108 Å². The highest BCUT2D eigenvalue weighted by atomic mass is 79.9. The lowest BCUT2D eigenvalue weighted by atomic mass is 9.86. The summed E-state index contributed by atoms with van der Waals surface area (Å²) >= 11 is 3.19. The van der Waals surface area contributed by atoms with Crippen LogP contribution in [0, 0.1) is 0 Å². The Kier molecular flexibility index (Phi) is 22.2. The Morgan fingerprint density at radius 1 is 0.557 bits per heavy atom. The molecule has 0 aromatic heterocycles. The molecule has 4 aliphatic rings. The Hall–Kier alpha value is -5.26. The monoisotopic (exact) mass is 1010 g/mol. The van der Waals surface area contributed by atoms with Crippen molar-refractivity contribution in [1.29, 1.82) is 0 Å². The number of carbonyl (C=O) groups is 2. The van der Waals surface area contributed by atoms with E-state index in [1.807, 2.05) is 41.5 Å². The van der Waals surface area contributed by atoms with Gasteiger partial charge < -0.3 is 35.2 Å². The molecule has 0 bridgehead atoms. The number of carbonyl (C=O) groups excluding carboxylic acids is 2. The molecule has 10 heteroatoms. The normalized spacial score (nSPS) is 15.1. The Morgan fingerprint density at radius 3 is 1.23 bits per heavy atom. The molecule has 2 amide bonds. The lowest BCUT2D eigenvalue weighted by molar-refractivity contribution is 0.0514. The molecule has 8 rings (SSSR count). The minimum absolute atomic E-state index is 0.341. The molecular formula is C60H80BrN5O4. The molecule has 376 valence electrons. The third kappa shape index (κ3) is 17.5. The summed E-state index contributed by atoms with van der Waals surface area (Å²) in [6.07, 6.45) is 12.7. The molecule has 2 saturated heterocycles. The highest BCUT2D eigenvalue weighted by Gasteiger charge is 2.24. The number of alkyl halides is 1. The molecule has 0 radical (unpaired) electrons. The summed E-state index contributed by atoms with van der Waals surface area (Å²) in [7, 11) is 0. The van der Waals surface area contributed by atoms with Gasteiger partial charge in [-0.1, -0.05) is 169 Å². The predicted octanol–water partition coefficient (Wildman–Crippen LogP) is 13.2. The second-order valence-corrected chi connectivity index (χ2v) is 20.5. The fourth-order valence-electron chi connectivity index (χ4n) is 8.93. The third-order valence-corrected chi connectivity index (χ3v) is 12.8. The molecule has 9 nitrogen and oxygen atoms in total. The van der Waals surface area contributed by atoms with Crippen molar-refractivity contribution in [2.24, 2.45) is 0 Å². The van der Waals surface area contributed by atoms with Gasteiger partial charge in [0.05, 0.1) is 0 Å². The Labute approximate surface area is 429 Å². The minimum atomic E-state index is -0.462. The van der Waals surface area contributed by atoms with Gasteiger partial charge in [-0.2, -0.15) is 0 Å². The molecule has 2 fully saturated rings. The fourth-order valence-corrected chi connectivity index (χ4v) is 9.13. The van der Waals surface area contributed by atoms with E-state index >= 15 is 0 Å². The third-order valence-electron chi connectivity index (χ3n) is 12.4. The number of amides is 2. The van der Waals surface area contributed by atoms with E-state index in [0.29, 0.717) is 13.1 Å². The molecule has 4 aromatic carbocycles. The van der Waals surface area contributed by atoms with Crippen molar-refractivity contribution in [2.45, 2.75) is 99.2 Å². The van der Waals surface area contributed by atoms with E-state index in [1.54, 1.807) is 5.57 Å². The average Bonchev–Trinajstić information content (AvgIpc) is 3.62. The summed E-state index contributed by atoms with van der Waals surface area (Å²) in [6.45, 7) is 27.5. The van der Waals surface area contributed by atoms with Crippen LogP contribution in [0.5, 0.6) is 0 Å². The van der Waals surface area contributed by atoms with Crippen molar-refractivity contribution in [3.05, 3.63) is 153 Å². The summed E-state index contributed by atoms with van der Waals surface area (Å²) in [4.78, 5) is 27.5. The molecule has 0 atom stereocenters. The van der Waals surface area contributed by atoms with E-state index in [1.165, 1.54) is 80.9 Å². The second-order valence-electron chi connectivity index (χ2n) is 19.7. The largest absolute Gasteiger partial charge is 0.444 e. The Bertz CT molecular complexity index is 2310. The zero-order valence-electron chi connectivity index (χ0n) is 43.6. The molecule has 3 N–H and O–H groups in total. The van der Waals surface area contributed by atoms with E-state index in [4.69, 9.17) is 9.47 Å². The first-order valence-electron chi connectivity index (χ1n) is 25.5. The number of hydrogen-bond acceptors (Lipinski definition) is 7. The number of rotatable bonds is 8. The molecular weight excluding hydrogens is 935 g/mol. The van der Waals surface area contributed by atoms with E-state index in [0.717, 1.165) is 63.7 Å². The van der Waals surface area contributed by atoms with Gasteiger partial charge >= 0.3 is 12.2 Å². The second kappa shape index (κ2) is 28.0. The van der Waals surface area contributed by atoms with Gasteiger partial charge in [0.1, 0.15) is 11.2 Å². The van der Waals surface area contributed by atoms with Gasteiger partial charge in [-0.15, -0.1) is 0 Å². The molecule has 70 heavy (non-hydrogen) atoms. The van der Waals surface area contributed by atoms with Crippen molar-refractivity contribution in [1.82, 2.24) is 25.8 Å². The Balaban J connectivity index is 0.000000201. The number of fused-ring (bicyclic) bond motifs is 4. The highest BCUT2D eigenvalue weighted by Crippen LogP contribution is 2.40. The van der Waals surface area contributed by atoms with Gasteiger partial charge in [-0.25, -0.2) is 9.59 Å². The van der Waals surface area contributed by atoms with Gasteiger partial charge in [0, 0.05) is 38.1 Å².